The van der Waals surface area contributed by atoms with Crippen molar-refractivity contribution in [1.29, 1.82) is 0 Å². The van der Waals surface area contributed by atoms with Gasteiger partial charge in [-0.05, 0) is 12.1 Å². The first kappa shape index (κ1) is 16.6. The van der Waals surface area contributed by atoms with Crippen LogP contribution in [0, 0.1) is 0 Å². The molecule has 0 bridgehead atoms. The molecule has 1 unspecified atom stereocenters. The maximum atomic E-state index is 12.2. The van der Waals surface area contributed by atoms with Crippen LogP contribution in [0.2, 0.25) is 0 Å². The summed E-state index contributed by atoms with van der Waals surface area (Å²) in [5, 5.41) is 10.9. The number of hydrogen-bond acceptors (Lipinski definition) is 4. The van der Waals surface area contributed by atoms with Crippen LogP contribution < -0.4 is 14.8 Å². The highest BCUT2D eigenvalue weighted by Crippen LogP contribution is 2.31. The molecular formula is C12H12F3NO5. The number of benzene rings is 1. The van der Waals surface area contributed by atoms with Gasteiger partial charge in [0.25, 0.3) is 0 Å². The SMILES string of the molecule is CC(=O)NC(COc1ccccc1OC(F)(F)F)C(=O)O. The van der Waals surface area contributed by atoms with Crippen LogP contribution in [0.25, 0.3) is 0 Å². The Morgan fingerprint density at radius 3 is 2.33 bits per heavy atom. The highest BCUT2D eigenvalue weighted by molar-refractivity contribution is 5.82. The van der Waals surface area contributed by atoms with E-state index in [0.717, 1.165) is 13.0 Å². The number of carboxylic acids is 1. The molecule has 1 rings (SSSR count). The van der Waals surface area contributed by atoms with Gasteiger partial charge in [0.05, 0.1) is 0 Å². The van der Waals surface area contributed by atoms with Crippen LogP contribution in [0.1, 0.15) is 6.92 Å². The minimum absolute atomic E-state index is 0.286. The van der Waals surface area contributed by atoms with Crippen molar-refractivity contribution >= 4 is 11.9 Å². The first-order valence-electron chi connectivity index (χ1n) is 5.66. The van der Waals surface area contributed by atoms with Crippen molar-refractivity contribution in [1.82, 2.24) is 5.32 Å². The number of carbonyl (C=O) groups excluding carboxylic acids is 1. The van der Waals surface area contributed by atoms with E-state index in [1.54, 1.807) is 0 Å². The molecule has 0 saturated carbocycles. The van der Waals surface area contributed by atoms with Crippen molar-refractivity contribution in [2.45, 2.75) is 19.3 Å². The molecule has 0 aliphatic carbocycles. The molecule has 0 aromatic heterocycles. The van der Waals surface area contributed by atoms with E-state index in [2.05, 4.69) is 10.1 Å². The molecule has 0 saturated heterocycles. The number of carboxylic acid groups (broad SMARTS) is 1. The number of hydrogen-bond donors (Lipinski definition) is 2. The number of nitrogens with one attached hydrogen (secondary N) is 1. The Kier molecular flexibility index (Phi) is 5.39. The Morgan fingerprint density at radius 1 is 1.29 bits per heavy atom. The molecule has 0 aliphatic heterocycles. The van der Waals surface area contributed by atoms with Crippen molar-refractivity contribution in [3.8, 4) is 11.5 Å². The van der Waals surface area contributed by atoms with E-state index in [1.165, 1.54) is 18.2 Å². The molecule has 2 N–H and O–H groups in total. The van der Waals surface area contributed by atoms with Crippen LogP contribution >= 0.6 is 0 Å². The maximum Gasteiger partial charge on any atom is 0.573 e. The first-order chi connectivity index (χ1) is 9.69. The van der Waals surface area contributed by atoms with Crippen LogP contribution in [0.3, 0.4) is 0 Å². The molecule has 6 nitrogen and oxygen atoms in total. The van der Waals surface area contributed by atoms with Gasteiger partial charge in [-0.25, -0.2) is 4.79 Å². The van der Waals surface area contributed by atoms with Crippen molar-refractivity contribution in [3.63, 3.8) is 0 Å². The third kappa shape index (κ3) is 6.02. The van der Waals surface area contributed by atoms with Crippen LogP contribution in [0.15, 0.2) is 24.3 Å². The molecule has 116 valence electrons. The number of aliphatic carboxylic acids is 1. The summed E-state index contributed by atoms with van der Waals surface area (Å²) < 4.78 is 45.3. The van der Waals surface area contributed by atoms with E-state index in [0.29, 0.717) is 0 Å². The summed E-state index contributed by atoms with van der Waals surface area (Å²) in [6.07, 6.45) is -4.90. The quantitative estimate of drug-likeness (QED) is 0.833. The minimum Gasteiger partial charge on any atom is -0.487 e. The topological polar surface area (TPSA) is 84.9 Å². The zero-order valence-corrected chi connectivity index (χ0v) is 10.8. The van der Waals surface area contributed by atoms with Gasteiger partial charge in [0.15, 0.2) is 17.5 Å². The van der Waals surface area contributed by atoms with Gasteiger partial charge in [-0.3, -0.25) is 4.79 Å². The Hall–Kier alpha value is -2.45. The zero-order valence-electron chi connectivity index (χ0n) is 10.8. The lowest BCUT2D eigenvalue weighted by atomic mass is 10.3. The maximum absolute atomic E-state index is 12.2. The highest BCUT2D eigenvalue weighted by atomic mass is 19.4. The van der Waals surface area contributed by atoms with Crippen molar-refractivity contribution in [2.75, 3.05) is 6.61 Å². The third-order valence-electron chi connectivity index (χ3n) is 2.16. The van der Waals surface area contributed by atoms with E-state index in [4.69, 9.17) is 9.84 Å². The molecule has 0 radical (unpaired) electrons. The van der Waals surface area contributed by atoms with Gasteiger partial charge in [0.1, 0.15) is 6.61 Å². The number of alkyl halides is 3. The summed E-state index contributed by atoms with van der Waals surface area (Å²) in [5.41, 5.74) is 0. The monoisotopic (exact) mass is 307 g/mol. The lowest BCUT2D eigenvalue weighted by Gasteiger charge is -2.17. The average molecular weight is 307 g/mol. The Morgan fingerprint density at radius 2 is 1.86 bits per heavy atom. The van der Waals surface area contributed by atoms with Crippen LogP contribution in [0.4, 0.5) is 13.2 Å². The van der Waals surface area contributed by atoms with E-state index < -0.39 is 36.6 Å². The van der Waals surface area contributed by atoms with Gasteiger partial charge < -0.3 is 19.9 Å². The molecule has 1 atom stereocenters. The summed E-state index contributed by atoms with van der Waals surface area (Å²) in [7, 11) is 0. The summed E-state index contributed by atoms with van der Waals surface area (Å²) >= 11 is 0. The Bertz CT molecular complexity index is 518. The van der Waals surface area contributed by atoms with E-state index in [1.807, 2.05) is 0 Å². The number of ether oxygens (including phenoxy) is 2. The fourth-order valence-electron chi connectivity index (χ4n) is 1.37. The molecule has 0 heterocycles. The van der Waals surface area contributed by atoms with Gasteiger partial charge >= 0.3 is 12.3 Å². The highest BCUT2D eigenvalue weighted by Gasteiger charge is 2.32. The average Bonchev–Trinajstić information content (AvgIpc) is 2.33. The zero-order chi connectivity index (χ0) is 16.0. The van der Waals surface area contributed by atoms with Gasteiger partial charge in [0.2, 0.25) is 5.91 Å². The summed E-state index contributed by atoms with van der Waals surface area (Å²) in [6, 6.07) is 3.52. The van der Waals surface area contributed by atoms with Crippen LogP contribution in [0.5, 0.6) is 11.5 Å². The molecular weight excluding hydrogens is 295 g/mol. The number of carbonyl (C=O) groups is 2. The Balaban J connectivity index is 2.78. The lowest BCUT2D eigenvalue weighted by molar-refractivity contribution is -0.275. The molecule has 9 heteroatoms. The molecule has 0 aliphatic rings. The minimum atomic E-state index is -4.90. The van der Waals surface area contributed by atoms with Crippen LogP contribution in [-0.2, 0) is 9.59 Å². The Labute approximate surface area is 117 Å². The molecule has 1 aromatic carbocycles. The summed E-state index contributed by atoms with van der Waals surface area (Å²) in [6.45, 7) is 0.559. The second-order valence-electron chi connectivity index (χ2n) is 3.90. The van der Waals surface area contributed by atoms with Crippen molar-refractivity contribution in [3.05, 3.63) is 24.3 Å². The fraction of sp³-hybridized carbons (Fsp3) is 0.333. The van der Waals surface area contributed by atoms with Gasteiger partial charge in [-0.1, -0.05) is 12.1 Å². The molecule has 0 fully saturated rings. The largest absolute Gasteiger partial charge is 0.573 e. The fourth-order valence-corrected chi connectivity index (χ4v) is 1.37. The molecule has 1 aromatic rings. The number of amides is 1. The number of halogens is 3. The van der Waals surface area contributed by atoms with Crippen molar-refractivity contribution < 1.29 is 37.3 Å². The van der Waals surface area contributed by atoms with E-state index >= 15 is 0 Å². The molecule has 1 amide bonds. The van der Waals surface area contributed by atoms with Gasteiger partial charge in [-0.15, -0.1) is 13.2 Å². The smallest absolute Gasteiger partial charge is 0.487 e. The second-order valence-corrected chi connectivity index (χ2v) is 3.90. The molecule has 21 heavy (non-hydrogen) atoms. The van der Waals surface area contributed by atoms with E-state index in [9.17, 15) is 22.8 Å². The van der Waals surface area contributed by atoms with Crippen molar-refractivity contribution in [2.24, 2.45) is 0 Å². The van der Waals surface area contributed by atoms with E-state index in [-0.39, 0.29) is 5.75 Å². The standard InChI is InChI=1S/C12H12F3NO5/c1-7(17)16-8(11(18)19)6-20-9-4-2-3-5-10(9)21-12(13,14)15/h2-5,8H,6H2,1H3,(H,16,17)(H,18,19). The lowest BCUT2D eigenvalue weighted by Crippen LogP contribution is -2.43. The van der Waals surface area contributed by atoms with Gasteiger partial charge in [-0.2, -0.15) is 0 Å². The number of para-hydroxylation sites is 2. The summed E-state index contributed by atoms with van der Waals surface area (Å²) in [4.78, 5) is 21.7. The number of rotatable bonds is 6. The molecule has 0 spiro atoms. The predicted molar refractivity (Wildman–Crippen MR) is 63.9 cm³/mol. The normalized spacial score (nSPS) is 12.4. The van der Waals surface area contributed by atoms with Crippen LogP contribution in [-0.4, -0.2) is 36.0 Å². The predicted octanol–water partition coefficient (Wildman–Crippen LogP) is 1.55. The first-order valence-corrected chi connectivity index (χ1v) is 5.66. The summed E-state index contributed by atoms with van der Waals surface area (Å²) in [5.74, 6) is -2.87. The third-order valence-corrected chi connectivity index (χ3v) is 2.16. The van der Waals surface area contributed by atoms with Gasteiger partial charge in [0, 0.05) is 6.92 Å². The second kappa shape index (κ2) is 6.82.